The van der Waals surface area contributed by atoms with E-state index < -0.39 is 6.09 Å². The zero-order valence-corrected chi connectivity index (χ0v) is 16.3. The van der Waals surface area contributed by atoms with Crippen molar-refractivity contribution in [1.82, 2.24) is 5.32 Å². The second kappa shape index (κ2) is 15.7. The molecule has 1 amide bonds. The van der Waals surface area contributed by atoms with Gasteiger partial charge in [0.2, 0.25) is 0 Å². The Labute approximate surface area is 158 Å². The molecule has 0 aromatic heterocycles. The van der Waals surface area contributed by atoms with E-state index in [-0.39, 0.29) is 6.61 Å². The lowest BCUT2D eigenvalue weighted by molar-refractivity contribution is 0.0467. The van der Waals surface area contributed by atoms with Crippen molar-refractivity contribution in [3.8, 4) is 0 Å². The van der Waals surface area contributed by atoms with Gasteiger partial charge in [0.25, 0.3) is 0 Å². The van der Waals surface area contributed by atoms with E-state index in [4.69, 9.17) is 14.2 Å². The number of rotatable bonds is 14. The van der Waals surface area contributed by atoms with Crippen molar-refractivity contribution >= 4 is 28.7 Å². The van der Waals surface area contributed by atoms with Gasteiger partial charge in [-0.15, -0.1) is 0 Å². The van der Waals surface area contributed by atoms with Crippen LogP contribution in [0.3, 0.4) is 0 Å². The number of unbranched alkanes of at least 4 members (excludes halogenated alkanes) is 3. The number of alkyl halides is 1. The zero-order chi connectivity index (χ0) is 17.3. The predicted octanol–water partition coefficient (Wildman–Crippen LogP) is 3.94. The standard InChI is InChI=1S/C18H28INO4/c19-10-6-1-2-7-12-22-14-15-23-13-11-20-18(21)24-16-17-8-4-3-5-9-17/h3-5,8-9H,1-2,6-7,10-16H2,(H,20,21). The summed E-state index contributed by atoms with van der Waals surface area (Å²) in [5.41, 5.74) is 0.968. The number of carbonyl (C=O) groups is 1. The average molecular weight is 449 g/mol. The minimum Gasteiger partial charge on any atom is -0.445 e. The highest BCUT2D eigenvalue weighted by atomic mass is 127. The molecule has 0 saturated heterocycles. The van der Waals surface area contributed by atoms with Gasteiger partial charge < -0.3 is 19.5 Å². The average Bonchev–Trinajstić information content (AvgIpc) is 2.62. The monoisotopic (exact) mass is 449 g/mol. The lowest BCUT2D eigenvalue weighted by atomic mass is 10.2. The molecule has 1 rings (SSSR count). The Bertz CT molecular complexity index is 417. The van der Waals surface area contributed by atoms with Crippen LogP contribution in [-0.2, 0) is 20.8 Å². The molecule has 1 aromatic carbocycles. The molecule has 0 bridgehead atoms. The Balaban J connectivity index is 1.82. The molecule has 0 spiro atoms. The van der Waals surface area contributed by atoms with Gasteiger partial charge in [-0.3, -0.25) is 0 Å². The molecular weight excluding hydrogens is 421 g/mol. The van der Waals surface area contributed by atoms with E-state index in [1.807, 2.05) is 30.3 Å². The number of carbonyl (C=O) groups excluding carboxylic acids is 1. The van der Waals surface area contributed by atoms with Crippen LogP contribution in [-0.4, -0.2) is 43.5 Å². The lowest BCUT2D eigenvalue weighted by Crippen LogP contribution is -2.28. The van der Waals surface area contributed by atoms with E-state index in [1.54, 1.807) is 0 Å². The second-order valence-electron chi connectivity index (χ2n) is 5.32. The molecule has 0 aliphatic rings. The van der Waals surface area contributed by atoms with Gasteiger partial charge in [-0.2, -0.15) is 0 Å². The molecule has 0 atom stereocenters. The summed E-state index contributed by atoms with van der Waals surface area (Å²) in [6.07, 6.45) is 4.51. The Hall–Kier alpha value is -0.860. The summed E-state index contributed by atoms with van der Waals surface area (Å²) >= 11 is 2.41. The summed E-state index contributed by atoms with van der Waals surface area (Å²) in [6.45, 7) is 3.12. The number of nitrogens with one attached hydrogen (secondary N) is 1. The number of benzene rings is 1. The SMILES string of the molecule is O=C(NCCOCCOCCCCCCI)OCc1ccccc1. The summed E-state index contributed by atoms with van der Waals surface area (Å²) in [4.78, 5) is 11.5. The summed E-state index contributed by atoms with van der Waals surface area (Å²) in [7, 11) is 0. The van der Waals surface area contributed by atoms with Gasteiger partial charge in [0.05, 0.1) is 19.8 Å². The third-order valence-electron chi connectivity index (χ3n) is 3.27. The molecule has 1 aromatic rings. The molecule has 0 aliphatic heterocycles. The van der Waals surface area contributed by atoms with Gasteiger partial charge >= 0.3 is 6.09 Å². The van der Waals surface area contributed by atoms with Crippen LogP contribution in [0.5, 0.6) is 0 Å². The number of hydrogen-bond donors (Lipinski definition) is 1. The topological polar surface area (TPSA) is 56.8 Å². The minimum absolute atomic E-state index is 0.277. The van der Waals surface area contributed by atoms with Gasteiger partial charge in [-0.1, -0.05) is 65.8 Å². The number of ether oxygens (including phenoxy) is 3. The van der Waals surface area contributed by atoms with Crippen molar-refractivity contribution in [2.75, 3.05) is 37.4 Å². The van der Waals surface area contributed by atoms with Gasteiger partial charge in [0, 0.05) is 13.2 Å². The molecule has 0 unspecified atom stereocenters. The summed E-state index contributed by atoms with van der Waals surface area (Å²) < 4.78 is 17.2. The number of hydrogen-bond acceptors (Lipinski definition) is 4. The molecule has 5 nitrogen and oxygen atoms in total. The van der Waals surface area contributed by atoms with Gasteiger partial charge in [0.1, 0.15) is 6.61 Å². The zero-order valence-electron chi connectivity index (χ0n) is 14.2. The van der Waals surface area contributed by atoms with Crippen LogP contribution in [0.4, 0.5) is 4.79 Å². The van der Waals surface area contributed by atoms with Crippen molar-refractivity contribution < 1.29 is 19.0 Å². The molecule has 1 N–H and O–H groups in total. The van der Waals surface area contributed by atoms with Crippen LogP contribution in [0.2, 0.25) is 0 Å². The van der Waals surface area contributed by atoms with Crippen LogP contribution in [0.25, 0.3) is 0 Å². The fourth-order valence-electron chi connectivity index (χ4n) is 1.97. The Morgan fingerprint density at radius 3 is 2.38 bits per heavy atom. The minimum atomic E-state index is -0.426. The van der Waals surface area contributed by atoms with Crippen LogP contribution < -0.4 is 5.32 Å². The highest BCUT2D eigenvalue weighted by Gasteiger charge is 2.01. The third-order valence-corrected chi connectivity index (χ3v) is 4.04. The maximum Gasteiger partial charge on any atom is 0.407 e. The number of halogens is 1. The molecule has 6 heteroatoms. The Morgan fingerprint density at radius 1 is 0.917 bits per heavy atom. The maximum atomic E-state index is 11.5. The maximum absolute atomic E-state index is 11.5. The lowest BCUT2D eigenvalue weighted by Gasteiger charge is -2.08. The third kappa shape index (κ3) is 12.5. The Morgan fingerprint density at radius 2 is 1.62 bits per heavy atom. The first kappa shape index (κ1) is 21.2. The van der Waals surface area contributed by atoms with Crippen molar-refractivity contribution in [3.05, 3.63) is 35.9 Å². The van der Waals surface area contributed by atoms with E-state index in [9.17, 15) is 4.79 Å². The molecule has 24 heavy (non-hydrogen) atoms. The fourth-order valence-corrected chi connectivity index (χ4v) is 2.51. The van der Waals surface area contributed by atoms with Gasteiger partial charge in [-0.05, 0) is 22.8 Å². The first-order valence-electron chi connectivity index (χ1n) is 8.49. The molecule has 0 heterocycles. The van der Waals surface area contributed by atoms with Crippen molar-refractivity contribution in [3.63, 3.8) is 0 Å². The molecule has 0 radical (unpaired) electrons. The number of alkyl carbamates (subject to hydrolysis) is 1. The predicted molar refractivity (Wildman–Crippen MR) is 104 cm³/mol. The molecule has 0 saturated carbocycles. The summed E-state index contributed by atoms with van der Waals surface area (Å²) in [6, 6.07) is 9.59. The fraction of sp³-hybridized carbons (Fsp3) is 0.611. The molecule has 136 valence electrons. The molecule has 0 aliphatic carbocycles. The smallest absolute Gasteiger partial charge is 0.407 e. The van der Waals surface area contributed by atoms with E-state index in [0.717, 1.165) is 18.6 Å². The van der Waals surface area contributed by atoms with E-state index in [1.165, 1.54) is 23.7 Å². The molecule has 0 fully saturated rings. The second-order valence-corrected chi connectivity index (χ2v) is 6.40. The highest BCUT2D eigenvalue weighted by molar-refractivity contribution is 14.1. The van der Waals surface area contributed by atoms with Gasteiger partial charge in [0.15, 0.2) is 0 Å². The highest BCUT2D eigenvalue weighted by Crippen LogP contribution is 2.02. The van der Waals surface area contributed by atoms with Crippen LogP contribution in [0, 0.1) is 0 Å². The van der Waals surface area contributed by atoms with Crippen molar-refractivity contribution in [2.45, 2.75) is 32.3 Å². The van der Waals surface area contributed by atoms with Crippen molar-refractivity contribution in [2.24, 2.45) is 0 Å². The van der Waals surface area contributed by atoms with Gasteiger partial charge in [-0.25, -0.2) is 4.79 Å². The Kier molecular flexibility index (Phi) is 13.8. The largest absolute Gasteiger partial charge is 0.445 e. The van der Waals surface area contributed by atoms with Crippen molar-refractivity contribution in [1.29, 1.82) is 0 Å². The first-order chi connectivity index (χ1) is 11.8. The van der Waals surface area contributed by atoms with Crippen LogP contribution in [0.1, 0.15) is 31.2 Å². The number of amides is 1. The van der Waals surface area contributed by atoms with Crippen LogP contribution >= 0.6 is 22.6 Å². The van der Waals surface area contributed by atoms with E-state index in [0.29, 0.717) is 26.4 Å². The van der Waals surface area contributed by atoms with Crippen LogP contribution in [0.15, 0.2) is 30.3 Å². The summed E-state index contributed by atoms with van der Waals surface area (Å²) in [5, 5.41) is 2.66. The quantitative estimate of drug-likeness (QED) is 0.266. The van der Waals surface area contributed by atoms with E-state index >= 15 is 0 Å². The molecular formula is C18H28INO4. The first-order valence-corrected chi connectivity index (χ1v) is 10.0. The summed E-state index contributed by atoms with van der Waals surface area (Å²) in [5.74, 6) is 0. The van der Waals surface area contributed by atoms with E-state index in [2.05, 4.69) is 27.9 Å². The normalized spacial score (nSPS) is 10.5.